The molecule has 2 fully saturated rings. The van der Waals surface area contributed by atoms with Gasteiger partial charge in [-0.25, -0.2) is 0 Å². The van der Waals surface area contributed by atoms with Gasteiger partial charge in [-0.2, -0.15) is 0 Å². The summed E-state index contributed by atoms with van der Waals surface area (Å²) in [4.78, 5) is 38.5. The van der Waals surface area contributed by atoms with E-state index in [4.69, 9.17) is 21.4 Å². The second kappa shape index (κ2) is 8.16. The van der Waals surface area contributed by atoms with Gasteiger partial charge < -0.3 is 14.1 Å². The number of thiocarbonyl (C=S) groups is 1. The van der Waals surface area contributed by atoms with Crippen molar-refractivity contribution >= 4 is 45.8 Å². The van der Waals surface area contributed by atoms with Crippen molar-refractivity contribution in [2.45, 2.75) is 22.7 Å². The smallest absolute Gasteiger partial charge is 0.254 e. The Morgan fingerprint density at radius 2 is 1.94 bits per heavy atom. The van der Waals surface area contributed by atoms with Crippen LogP contribution >= 0.6 is 24.0 Å². The van der Waals surface area contributed by atoms with Crippen molar-refractivity contribution in [3.8, 4) is 5.75 Å². The third-order valence-electron chi connectivity index (χ3n) is 7.66. The van der Waals surface area contributed by atoms with Crippen LogP contribution in [0.5, 0.6) is 5.75 Å². The van der Waals surface area contributed by atoms with Crippen LogP contribution < -0.4 is 9.64 Å². The van der Waals surface area contributed by atoms with Crippen LogP contribution in [0.4, 0.5) is 5.69 Å². The average Bonchev–Trinajstić information content (AvgIpc) is 3.61. The Morgan fingerprint density at radius 3 is 2.64 bits per heavy atom. The highest BCUT2D eigenvalue weighted by molar-refractivity contribution is 8.25. The lowest BCUT2D eigenvalue weighted by Crippen LogP contribution is -2.62. The fourth-order valence-corrected chi connectivity index (χ4v) is 8.22. The van der Waals surface area contributed by atoms with E-state index >= 15 is 0 Å². The molecule has 10 heteroatoms. The number of furan rings is 1. The summed E-state index contributed by atoms with van der Waals surface area (Å²) in [6.07, 6.45) is 5.01. The number of pyridine rings is 1. The number of hydrogen-bond acceptors (Lipinski definition) is 8. The molecular formula is C26H24N4O4S2. The van der Waals surface area contributed by atoms with Crippen molar-refractivity contribution in [2.75, 3.05) is 32.6 Å². The van der Waals surface area contributed by atoms with Gasteiger partial charge in [0.15, 0.2) is 5.54 Å². The van der Waals surface area contributed by atoms with Gasteiger partial charge in [0.05, 0.1) is 19.9 Å². The number of ether oxygens (including phenoxy) is 1. The van der Waals surface area contributed by atoms with Crippen molar-refractivity contribution in [1.29, 1.82) is 0 Å². The molecule has 3 aromatic rings. The molecule has 5 heterocycles. The minimum atomic E-state index is -1.29. The van der Waals surface area contributed by atoms with Crippen LogP contribution in [-0.4, -0.2) is 63.4 Å². The van der Waals surface area contributed by atoms with Crippen LogP contribution in [0.2, 0.25) is 0 Å². The summed E-state index contributed by atoms with van der Waals surface area (Å²) in [5, 5.41) is 0. The van der Waals surface area contributed by atoms with E-state index in [9.17, 15) is 9.59 Å². The number of benzene rings is 1. The molecule has 8 nitrogen and oxygen atoms in total. The lowest BCUT2D eigenvalue weighted by Gasteiger charge is -2.42. The molecule has 3 aliphatic heterocycles. The molecule has 2 saturated heterocycles. The van der Waals surface area contributed by atoms with Crippen LogP contribution in [0.25, 0.3) is 0 Å². The van der Waals surface area contributed by atoms with Crippen molar-refractivity contribution in [2.24, 2.45) is 0 Å². The SMILES string of the molecule is COc1ccc2c(c1)C1(C(=O)N2C)N(C)CC(c2ccncc2)C12SC(=S)N(Cc1ccco1)C2=O. The van der Waals surface area contributed by atoms with E-state index in [-0.39, 0.29) is 24.3 Å². The lowest BCUT2D eigenvalue weighted by atomic mass is 9.72. The largest absolute Gasteiger partial charge is 0.497 e. The Kier molecular flexibility index (Phi) is 5.26. The van der Waals surface area contributed by atoms with Crippen molar-refractivity contribution in [3.63, 3.8) is 0 Å². The first-order chi connectivity index (χ1) is 17.4. The normalized spacial score (nSPS) is 27.6. The highest BCUT2D eigenvalue weighted by Crippen LogP contribution is 2.66. The number of amides is 2. The summed E-state index contributed by atoms with van der Waals surface area (Å²) in [6, 6.07) is 13.0. The van der Waals surface area contributed by atoms with Crippen LogP contribution in [0.3, 0.4) is 0 Å². The van der Waals surface area contributed by atoms with Gasteiger partial charge in [0.2, 0.25) is 5.91 Å². The first kappa shape index (κ1) is 23.2. The number of hydrogen-bond donors (Lipinski definition) is 0. The van der Waals surface area contributed by atoms with E-state index in [2.05, 4.69) is 4.98 Å². The summed E-state index contributed by atoms with van der Waals surface area (Å²) in [7, 11) is 5.26. The van der Waals surface area contributed by atoms with Gasteiger partial charge in [0.1, 0.15) is 20.6 Å². The minimum absolute atomic E-state index is 0.159. The van der Waals surface area contributed by atoms with Crippen molar-refractivity contribution in [1.82, 2.24) is 14.8 Å². The molecule has 3 atom stereocenters. The Hall–Kier alpha value is -3.21. The van der Waals surface area contributed by atoms with Gasteiger partial charge in [-0.05, 0) is 55.1 Å². The molecule has 36 heavy (non-hydrogen) atoms. The minimum Gasteiger partial charge on any atom is -0.497 e. The molecule has 2 spiro atoms. The van der Waals surface area contributed by atoms with Gasteiger partial charge in [0.25, 0.3) is 5.91 Å². The Bertz CT molecular complexity index is 1380. The molecule has 2 amide bonds. The fraction of sp³-hybridized carbons (Fsp3) is 0.308. The predicted molar refractivity (Wildman–Crippen MR) is 140 cm³/mol. The van der Waals surface area contributed by atoms with Crippen LogP contribution in [0.15, 0.2) is 65.5 Å². The Labute approximate surface area is 218 Å². The van der Waals surface area contributed by atoms with Crippen LogP contribution in [0, 0.1) is 0 Å². The van der Waals surface area contributed by atoms with Crippen LogP contribution in [0.1, 0.15) is 22.8 Å². The molecule has 0 bridgehead atoms. The highest BCUT2D eigenvalue weighted by atomic mass is 32.2. The number of thioether (sulfide) groups is 1. The monoisotopic (exact) mass is 520 g/mol. The van der Waals surface area contributed by atoms with E-state index in [0.717, 1.165) is 16.8 Å². The van der Waals surface area contributed by atoms with E-state index in [1.54, 1.807) is 48.7 Å². The highest BCUT2D eigenvalue weighted by Gasteiger charge is 2.78. The molecule has 1 aromatic carbocycles. The number of likely N-dealkylation sites (N-methyl/N-ethyl adjacent to an activating group) is 2. The number of carbonyl (C=O) groups is 2. The standard InChI is InChI=1S/C26H24N4O4S2/c1-28-15-20(16-8-10-27-11-9-16)26(23(32)30(24(35)36-26)14-18-5-4-12-34-18)25(28)19-13-17(33-3)6-7-21(19)29(2)22(25)31/h4-13,20H,14-15H2,1-3H3. The maximum Gasteiger partial charge on any atom is 0.254 e. The summed E-state index contributed by atoms with van der Waals surface area (Å²) in [6.45, 7) is 0.688. The molecule has 3 unspecified atom stereocenters. The van der Waals surface area contributed by atoms with E-state index in [1.807, 2.05) is 48.3 Å². The molecule has 3 aliphatic rings. The van der Waals surface area contributed by atoms with Gasteiger partial charge >= 0.3 is 0 Å². The number of nitrogens with zero attached hydrogens (tertiary/aromatic N) is 4. The Morgan fingerprint density at radius 1 is 1.17 bits per heavy atom. The first-order valence-electron chi connectivity index (χ1n) is 11.5. The number of anilines is 1. The molecular weight excluding hydrogens is 496 g/mol. The third kappa shape index (κ3) is 2.80. The fourth-order valence-electron chi connectivity index (χ4n) is 6.09. The molecule has 0 radical (unpaired) electrons. The number of fused-ring (bicyclic) bond motifs is 3. The van der Waals surface area contributed by atoms with Gasteiger partial charge in [-0.1, -0.05) is 24.0 Å². The summed E-state index contributed by atoms with van der Waals surface area (Å²) < 4.78 is 10.3. The molecule has 2 aromatic heterocycles. The van der Waals surface area contributed by atoms with Gasteiger partial charge in [0, 0.05) is 43.2 Å². The second-order valence-corrected chi connectivity index (χ2v) is 11.1. The van der Waals surface area contributed by atoms with E-state index in [0.29, 0.717) is 22.4 Å². The molecule has 6 rings (SSSR count). The second-order valence-electron chi connectivity index (χ2n) is 9.25. The zero-order chi connectivity index (χ0) is 25.2. The first-order valence-corrected chi connectivity index (χ1v) is 12.7. The van der Waals surface area contributed by atoms with E-state index in [1.165, 1.54) is 11.8 Å². The van der Waals surface area contributed by atoms with Gasteiger partial charge in [-0.3, -0.25) is 24.4 Å². The van der Waals surface area contributed by atoms with Crippen molar-refractivity contribution in [3.05, 3.63) is 78.0 Å². The number of aromatic nitrogens is 1. The number of likely N-dealkylation sites (tertiary alicyclic amines) is 1. The Balaban J connectivity index is 1.62. The quantitative estimate of drug-likeness (QED) is 0.485. The van der Waals surface area contributed by atoms with Gasteiger partial charge in [-0.15, -0.1) is 0 Å². The maximum absolute atomic E-state index is 14.7. The predicted octanol–water partition coefficient (Wildman–Crippen LogP) is 3.38. The molecule has 0 aliphatic carbocycles. The zero-order valence-electron chi connectivity index (χ0n) is 20.0. The number of carbonyl (C=O) groups excluding carboxylic acids is 2. The van der Waals surface area contributed by atoms with E-state index < -0.39 is 10.3 Å². The van der Waals surface area contributed by atoms with Crippen LogP contribution in [-0.2, 0) is 21.7 Å². The summed E-state index contributed by atoms with van der Waals surface area (Å²) >= 11 is 7.14. The maximum atomic E-state index is 14.7. The molecule has 184 valence electrons. The topological polar surface area (TPSA) is 79.1 Å². The summed E-state index contributed by atoms with van der Waals surface area (Å²) in [5.74, 6) is 0.571. The zero-order valence-corrected chi connectivity index (χ0v) is 21.6. The lowest BCUT2D eigenvalue weighted by molar-refractivity contribution is -0.139. The molecule has 0 saturated carbocycles. The summed E-state index contributed by atoms with van der Waals surface area (Å²) in [5.41, 5.74) is 1.15. The molecule has 0 N–H and O–H groups in total. The van der Waals surface area contributed by atoms with Crippen molar-refractivity contribution < 1.29 is 18.7 Å². The third-order valence-corrected chi connectivity index (χ3v) is 9.60. The average molecular weight is 521 g/mol. The number of methoxy groups -OCH3 is 1. The number of rotatable bonds is 4.